The number of carbonyl (C=O) groups excluding carboxylic acids is 1. The van der Waals surface area contributed by atoms with Crippen molar-refractivity contribution < 1.29 is 18.9 Å². The second-order valence-corrected chi connectivity index (χ2v) is 7.67. The fourth-order valence-electron chi connectivity index (χ4n) is 2.85. The van der Waals surface area contributed by atoms with Gasteiger partial charge in [0.15, 0.2) is 6.61 Å². The molecule has 4 rings (SSSR count). The number of rotatable bonds is 7. The van der Waals surface area contributed by atoms with Crippen molar-refractivity contribution in [3.05, 3.63) is 99.9 Å². The summed E-state index contributed by atoms with van der Waals surface area (Å²) in [6.45, 7) is -0.243. The minimum atomic E-state index is -0.581. The molecule has 0 aliphatic carbocycles. The molecule has 4 aromatic rings. The maximum Gasteiger partial charge on any atom is 0.339 e. The van der Waals surface area contributed by atoms with Gasteiger partial charge in [0, 0.05) is 27.5 Å². The smallest absolute Gasteiger partial charge is 0.339 e. The zero-order valence-electron chi connectivity index (χ0n) is 16.9. The van der Waals surface area contributed by atoms with Gasteiger partial charge in [-0.3, -0.25) is 10.1 Å². The van der Waals surface area contributed by atoms with Crippen molar-refractivity contribution in [1.82, 2.24) is 10.2 Å². The van der Waals surface area contributed by atoms with Gasteiger partial charge in [-0.05, 0) is 36.4 Å². The number of non-ortho nitro benzene ring substituents is 1. The molecule has 0 radical (unpaired) electrons. The Morgan fingerprint density at radius 2 is 1.73 bits per heavy atom. The molecule has 0 saturated carbocycles. The lowest BCUT2D eigenvalue weighted by atomic mass is 10.2. The molecule has 1 heterocycles. The first kappa shape index (κ1) is 21.7. The Balaban J connectivity index is 1.45. The molecular formula is C23H14N4O5S. The lowest BCUT2D eigenvalue weighted by Crippen LogP contribution is -2.07. The predicted octanol–water partition coefficient (Wildman–Crippen LogP) is 5.02. The van der Waals surface area contributed by atoms with Crippen LogP contribution < -0.4 is 0 Å². The maximum atomic E-state index is 12.7. The topological polar surface area (TPSA) is 132 Å². The Hall–Kier alpha value is -4.49. The number of ether oxygens (including phenoxy) is 1. The van der Waals surface area contributed by atoms with Gasteiger partial charge in [-0.25, -0.2) is 4.79 Å². The van der Waals surface area contributed by atoms with Crippen LogP contribution in [-0.4, -0.2) is 21.1 Å². The monoisotopic (exact) mass is 458 g/mol. The van der Waals surface area contributed by atoms with Gasteiger partial charge in [-0.2, -0.15) is 5.26 Å². The second-order valence-electron chi connectivity index (χ2n) is 6.59. The summed E-state index contributed by atoms with van der Waals surface area (Å²) in [6.07, 6.45) is 0. The molecule has 0 unspecified atom stereocenters. The van der Waals surface area contributed by atoms with Gasteiger partial charge in [0.1, 0.15) is 6.07 Å². The summed E-state index contributed by atoms with van der Waals surface area (Å²) in [7, 11) is 0. The average Bonchev–Trinajstić information content (AvgIpc) is 3.32. The average molecular weight is 458 g/mol. The molecule has 0 spiro atoms. The minimum Gasteiger partial charge on any atom is -0.452 e. The molecule has 1 aromatic heterocycles. The van der Waals surface area contributed by atoms with Crippen LogP contribution in [0.25, 0.3) is 11.5 Å². The molecule has 10 heteroatoms. The van der Waals surface area contributed by atoms with Crippen LogP contribution in [0.2, 0.25) is 0 Å². The normalized spacial score (nSPS) is 10.4. The van der Waals surface area contributed by atoms with Crippen molar-refractivity contribution in [3.8, 4) is 17.5 Å². The molecule has 0 amide bonds. The zero-order valence-corrected chi connectivity index (χ0v) is 17.7. The highest BCUT2D eigenvalue weighted by molar-refractivity contribution is 7.99. The van der Waals surface area contributed by atoms with Gasteiger partial charge >= 0.3 is 5.97 Å². The van der Waals surface area contributed by atoms with E-state index < -0.39 is 10.9 Å². The molecule has 0 aliphatic heterocycles. The SMILES string of the molecule is N#Cc1ccccc1Sc1ccccc1C(=O)OCc1nnc(-c2ccc([N+](=O)[O-])cc2)o1. The number of nitro groups is 1. The van der Waals surface area contributed by atoms with Crippen molar-refractivity contribution in [2.45, 2.75) is 16.4 Å². The Bertz CT molecular complexity index is 1360. The van der Waals surface area contributed by atoms with Crippen molar-refractivity contribution in [2.75, 3.05) is 0 Å². The van der Waals surface area contributed by atoms with E-state index in [0.29, 0.717) is 21.6 Å². The van der Waals surface area contributed by atoms with Crippen LogP contribution in [0.15, 0.2) is 87.0 Å². The number of carbonyl (C=O) groups is 1. The first-order valence-electron chi connectivity index (χ1n) is 9.55. The quantitative estimate of drug-likeness (QED) is 0.212. The third-order valence-corrected chi connectivity index (χ3v) is 5.60. The van der Waals surface area contributed by atoms with E-state index in [9.17, 15) is 20.2 Å². The number of nitro benzene ring substituents is 1. The number of esters is 1. The fourth-order valence-corrected chi connectivity index (χ4v) is 3.87. The molecule has 162 valence electrons. The number of hydrogen-bond acceptors (Lipinski definition) is 9. The molecule has 3 aromatic carbocycles. The summed E-state index contributed by atoms with van der Waals surface area (Å²) in [5.41, 5.74) is 1.30. The van der Waals surface area contributed by atoms with E-state index in [1.165, 1.54) is 36.0 Å². The van der Waals surface area contributed by atoms with E-state index in [1.807, 2.05) is 12.1 Å². The van der Waals surface area contributed by atoms with E-state index in [1.54, 1.807) is 36.4 Å². The fraction of sp³-hybridized carbons (Fsp3) is 0.0435. The third-order valence-electron chi connectivity index (χ3n) is 4.45. The van der Waals surface area contributed by atoms with E-state index in [-0.39, 0.29) is 24.1 Å². The van der Waals surface area contributed by atoms with Crippen LogP contribution in [0.3, 0.4) is 0 Å². The number of nitrogens with zero attached hydrogens (tertiary/aromatic N) is 4. The highest BCUT2D eigenvalue weighted by Gasteiger charge is 2.17. The maximum absolute atomic E-state index is 12.7. The summed E-state index contributed by atoms with van der Waals surface area (Å²) < 4.78 is 10.8. The van der Waals surface area contributed by atoms with E-state index >= 15 is 0 Å². The van der Waals surface area contributed by atoms with Gasteiger partial charge in [0.25, 0.3) is 11.6 Å². The van der Waals surface area contributed by atoms with Gasteiger partial charge in [0.05, 0.1) is 16.1 Å². The summed E-state index contributed by atoms with van der Waals surface area (Å²) in [5, 5.41) is 27.8. The standard InChI is InChI=1S/C23H14N4O5S/c24-13-16-5-1-3-7-19(16)33-20-8-4-2-6-18(20)23(28)31-14-21-25-26-22(32-21)15-9-11-17(12-10-15)27(29)30/h1-12H,14H2. The second kappa shape index (κ2) is 9.76. The lowest BCUT2D eigenvalue weighted by molar-refractivity contribution is -0.384. The molecular weight excluding hydrogens is 444 g/mol. The van der Waals surface area contributed by atoms with Crippen LogP contribution in [0, 0.1) is 21.4 Å². The van der Waals surface area contributed by atoms with Crippen LogP contribution in [0.1, 0.15) is 21.8 Å². The minimum absolute atomic E-state index is 0.0543. The summed E-state index contributed by atoms with van der Waals surface area (Å²) in [6, 6.07) is 21.8. The lowest BCUT2D eigenvalue weighted by Gasteiger charge is -2.09. The Kier molecular flexibility index (Phi) is 6.43. The Labute approximate surface area is 191 Å². The van der Waals surface area contributed by atoms with Crippen LogP contribution >= 0.6 is 11.8 Å². The molecule has 0 aliphatic rings. The van der Waals surface area contributed by atoms with Gasteiger partial charge in [-0.1, -0.05) is 36.0 Å². The van der Waals surface area contributed by atoms with Crippen LogP contribution in [0.5, 0.6) is 0 Å². The van der Waals surface area contributed by atoms with Crippen molar-refractivity contribution in [2.24, 2.45) is 0 Å². The molecule has 9 nitrogen and oxygen atoms in total. The molecule has 33 heavy (non-hydrogen) atoms. The predicted molar refractivity (Wildman–Crippen MR) is 117 cm³/mol. The Morgan fingerprint density at radius 1 is 1.03 bits per heavy atom. The highest BCUT2D eigenvalue weighted by Crippen LogP contribution is 2.33. The van der Waals surface area contributed by atoms with Crippen molar-refractivity contribution in [1.29, 1.82) is 5.26 Å². The largest absolute Gasteiger partial charge is 0.452 e. The number of hydrogen-bond donors (Lipinski definition) is 0. The molecule has 0 atom stereocenters. The number of benzene rings is 3. The van der Waals surface area contributed by atoms with Crippen LogP contribution in [-0.2, 0) is 11.3 Å². The van der Waals surface area contributed by atoms with Crippen molar-refractivity contribution in [3.63, 3.8) is 0 Å². The molecule has 0 fully saturated rings. The number of nitriles is 1. The zero-order chi connectivity index (χ0) is 23.2. The van der Waals surface area contributed by atoms with E-state index in [4.69, 9.17) is 9.15 Å². The van der Waals surface area contributed by atoms with Crippen molar-refractivity contribution >= 4 is 23.4 Å². The summed E-state index contributed by atoms with van der Waals surface area (Å²) in [5.74, 6) is -0.348. The number of aromatic nitrogens is 2. The van der Waals surface area contributed by atoms with Gasteiger partial charge in [0.2, 0.25) is 5.89 Å². The highest BCUT2D eigenvalue weighted by atomic mass is 32.2. The first-order chi connectivity index (χ1) is 16.0. The van der Waals surface area contributed by atoms with Crippen LogP contribution in [0.4, 0.5) is 5.69 Å². The van der Waals surface area contributed by atoms with E-state index in [2.05, 4.69) is 16.3 Å². The summed E-state index contributed by atoms with van der Waals surface area (Å²) >= 11 is 1.30. The Morgan fingerprint density at radius 3 is 2.45 bits per heavy atom. The summed E-state index contributed by atoms with van der Waals surface area (Å²) in [4.78, 5) is 24.3. The first-order valence-corrected chi connectivity index (χ1v) is 10.4. The molecule has 0 saturated heterocycles. The van der Waals surface area contributed by atoms with E-state index in [0.717, 1.165) is 4.90 Å². The van der Waals surface area contributed by atoms with Gasteiger partial charge < -0.3 is 9.15 Å². The molecule has 0 bridgehead atoms. The van der Waals surface area contributed by atoms with Gasteiger partial charge in [-0.15, -0.1) is 10.2 Å². The third kappa shape index (κ3) is 5.06. The molecule has 0 N–H and O–H groups in total.